The molecule has 4 aromatic rings. The van der Waals surface area contributed by atoms with Crippen LogP contribution in [0.2, 0.25) is 0 Å². The van der Waals surface area contributed by atoms with Gasteiger partial charge >= 0.3 is 0 Å². The van der Waals surface area contributed by atoms with Gasteiger partial charge in [0.1, 0.15) is 29.6 Å². The second-order valence-electron chi connectivity index (χ2n) is 8.57. The molecule has 4 rings (SSSR count). The second kappa shape index (κ2) is 12.5. The number of benzene rings is 4. The molecule has 0 radical (unpaired) electrons. The molecule has 0 fully saturated rings. The quantitative estimate of drug-likeness (QED) is 0.211. The van der Waals surface area contributed by atoms with Crippen LogP contribution in [-0.4, -0.2) is 12.4 Å². The van der Waals surface area contributed by atoms with Crippen molar-refractivity contribution in [2.45, 2.75) is 32.8 Å². The monoisotopic (exact) mass is 484 g/mol. The number of rotatable bonds is 12. The summed E-state index contributed by atoms with van der Waals surface area (Å²) >= 11 is 0. The summed E-state index contributed by atoms with van der Waals surface area (Å²) in [5.74, 6) is 1.75. The summed E-state index contributed by atoms with van der Waals surface area (Å²) in [4.78, 5) is 11.2. The number of halogens is 1. The Morgan fingerprint density at radius 3 is 2.14 bits per heavy atom. The third-order valence-electron chi connectivity index (χ3n) is 5.58. The van der Waals surface area contributed by atoms with Crippen molar-refractivity contribution in [3.8, 4) is 23.0 Å². The van der Waals surface area contributed by atoms with E-state index in [9.17, 15) is 9.18 Å². The van der Waals surface area contributed by atoms with Crippen molar-refractivity contribution >= 4 is 5.78 Å². The van der Waals surface area contributed by atoms with Crippen LogP contribution in [0.3, 0.4) is 0 Å². The number of aryl methyl sites for hydroxylation is 1. The fourth-order valence-electron chi connectivity index (χ4n) is 3.71. The summed E-state index contributed by atoms with van der Waals surface area (Å²) < 4.78 is 32.4. The number of hydrogen-bond donors (Lipinski definition) is 0. The van der Waals surface area contributed by atoms with Gasteiger partial charge in [-0.15, -0.1) is 0 Å². The van der Waals surface area contributed by atoms with E-state index in [2.05, 4.69) is 12.1 Å². The van der Waals surface area contributed by atoms with Gasteiger partial charge in [0, 0.05) is 18.9 Å². The van der Waals surface area contributed by atoms with Gasteiger partial charge < -0.3 is 19.0 Å². The average molecular weight is 485 g/mol. The summed E-state index contributed by atoms with van der Waals surface area (Å²) in [5, 5.41) is 0. The molecule has 0 spiro atoms. The first-order valence-corrected chi connectivity index (χ1v) is 12.0. The van der Waals surface area contributed by atoms with Crippen molar-refractivity contribution in [3.05, 3.63) is 120 Å². The molecule has 0 aliphatic rings. The Bertz CT molecular complexity index is 1270. The Morgan fingerprint density at radius 1 is 0.694 bits per heavy atom. The van der Waals surface area contributed by atoms with E-state index in [1.807, 2.05) is 66.7 Å². The lowest BCUT2D eigenvalue weighted by molar-refractivity contribution is -0.116. The molecule has 0 unspecified atom stereocenters. The highest BCUT2D eigenvalue weighted by Crippen LogP contribution is 2.29. The molecule has 0 heterocycles. The van der Waals surface area contributed by atoms with Crippen LogP contribution in [0.5, 0.6) is 23.0 Å². The van der Waals surface area contributed by atoms with Crippen LogP contribution in [0.4, 0.5) is 4.39 Å². The standard InChI is InChI=1S/C31H29FO4/c1-23(33)12-13-25-14-15-31(30(32)20-25)35-22-26-18-28(34-17-16-24-8-4-2-5-9-24)21-29(19-26)36-27-10-6-3-7-11-27/h2-11,14-15,18-21H,12-13,16-17,22H2,1H3. The molecule has 36 heavy (non-hydrogen) atoms. The Morgan fingerprint density at radius 2 is 1.42 bits per heavy atom. The molecule has 4 aromatic carbocycles. The van der Waals surface area contributed by atoms with Gasteiger partial charge in [-0.2, -0.15) is 0 Å². The zero-order valence-corrected chi connectivity index (χ0v) is 20.3. The van der Waals surface area contributed by atoms with E-state index in [4.69, 9.17) is 14.2 Å². The van der Waals surface area contributed by atoms with Crippen LogP contribution in [0, 0.1) is 5.82 Å². The van der Waals surface area contributed by atoms with Gasteiger partial charge in [-0.1, -0.05) is 54.6 Å². The SMILES string of the molecule is CC(=O)CCc1ccc(OCc2cc(OCCc3ccccc3)cc(Oc3ccccc3)c2)c(F)c1. The third-order valence-corrected chi connectivity index (χ3v) is 5.58. The maximum absolute atomic E-state index is 14.6. The summed E-state index contributed by atoms with van der Waals surface area (Å²) in [5.41, 5.74) is 2.75. The molecular weight excluding hydrogens is 455 g/mol. The number of ether oxygens (including phenoxy) is 3. The summed E-state index contributed by atoms with van der Waals surface area (Å²) in [7, 11) is 0. The molecule has 0 aliphatic heterocycles. The van der Waals surface area contributed by atoms with Crippen molar-refractivity contribution in [1.82, 2.24) is 0 Å². The van der Waals surface area contributed by atoms with E-state index in [-0.39, 0.29) is 18.1 Å². The molecule has 0 aliphatic carbocycles. The predicted molar refractivity (Wildman–Crippen MR) is 138 cm³/mol. The Hall–Kier alpha value is -4.12. The molecule has 0 bridgehead atoms. The van der Waals surface area contributed by atoms with Gasteiger partial charge in [-0.05, 0) is 66.4 Å². The fourth-order valence-corrected chi connectivity index (χ4v) is 3.71. The minimum Gasteiger partial charge on any atom is -0.493 e. The molecule has 5 heteroatoms. The zero-order valence-electron chi connectivity index (χ0n) is 20.3. The molecule has 0 atom stereocenters. The lowest BCUT2D eigenvalue weighted by atomic mass is 10.1. The maximum Gasteiger partial charge on any atom is 0.165 e. The van der Waals surface area contributed by atoms with Crippen molar-refractivity contribution in [1.29, 1.82) is 0 Å². The molecule has 0 saturated carbocycles. The van der Waals surface area contributed by atoms with E-state index in [1.165, 1.54) is 18.6 Å². The lowest BCUT2D eigenvalue weighted by Crippen LogP contribution is -2.03. The van der Waals surface area contributed by atoms with Crippen LogP contribution >= 0.6 is 0 Å². The molecule has 184 valence electrons. The minimum absolute atomic E-state index is 0.0788. The molecule has 0 N–H and O–H groups in total. The number of para-hydroxylation sites is 1. The van der Waals surface area contributed by atoms with Gasteiger partial charge in [0.05, 0.1) is 6.61 Å². The number of Topliss-reactive ketones (excluding diaryl/α,β-unsaturated/α-hetero) is 1. The van der Waals surface area contributed by atoms with E-state index in [1.54, 1.807) is 12.1 Å². The lowest BCUT2D eigenvalue weighted by Gasteiger charge is -2.14. The third kappa shape index (κ3) is 7.70. The minimum atomic E-state index is -0.452. The van der Waals surface area contributed by atoms with Crippen molar-refractivity contribution in [3.63, 3.8) is 0 Å². The largest absolute Gasteiger partial charge is 0.493 e. The highest BCUT2D eigenvalue weighted by atomic mass is 19.1. The summed E-state index contributed by atoms with van der Waals surface area (Å²) in [6.45, 7) is 2.18. The topological polar surface area (TPSA) is 44.8 Å². The van der Waals surface area contributed by atoms with Crippen LogP contribution in [-0.2, 0) is 24.2 Å². The maximum atomic E-state index is 14.6. The first-order valence-electron chi connectivity index (χ1n) is 12.0. The van der Waals surface area contributed by atoms with Crippen LogP contribution in [0.15, 0.2) is 97.1 Å². The normalized spacial score (nSPS) is 10.6. The highest BCUT2D eigenvalue weighted by molar-refractivity contribution is 5.75. The molecule has 0 amide bonds. The Balaban J connectivity index is 1.46. The second-order valence-corrected chi connectivity index (χ2v) is 8.57. The number of carbonyl (C=O) groups is 1. The van der Waals surface area contributed by atoms with Crippen molar-refractivity contribution in [2.75, 3.05) is 6.61 Å². The number of hydrogen-bond acceptors (Lipinski definition) is 4. The molecule has 4 nitrogen and oxygen atoms in total. The van der Waals surface area contributed by atoms with E-state index < -0.39 is 5.82 Å². The first kappa shape index (κ1) is 25.0. The predicted octanol–water partition coefficient (Wildman–Crippen LogP) is 7.34. The Kier molecular flexibility index (Phi) is 8.71. The number of ketones is 1. The van der Waals surface area contributed by atoms with Crippen molar-refractivity contribution < 1.29 is 23.4 Å². The summed E-state index contributed by atoms with van der Waals surface area (Å²) in [6.07, 6.45) is 1.67. The average Bonchev–Trinajstić information content (AvgIpc) is 2.88. The number of carbonyl (C=O) groups excluding carboxylic acids is 1. The van der Waals surface area contributed by atoms with Gasteiger partial charge in [0.25, 0.3) is 0 Å². The smallest absolute Gasteiger partial charge is 0.165 e. The fraction of sp³-hybridized carbons (Fsp3) is 0.194. The van der Waals surface area contributed by atoms with Crippen LogP contribution < -0.4 is 14.2 Å². The van der Waals surface area contributed by atoms with Gasteiger partial charge in [-0.3, -0.25) is 0 Å². The highest BCUT2D eigenvalue weighted by Gasteiger charge is 2.09. The van der Waals surface area contributed by atoms with E-state index in [0.717, 1.165) is 17.5 Å². The van der Waals surface area contributed by atoms with Crippen LogP contribution in [0.1, 0.15) is 30.0 Å². The Labute approximate surface area is 211 Å². The zero-order chi connectivity index (χ0) is 25.2. The molecule has 0 aromatic heterocycles. The van der Waals surface area contributed by atoms with E-state index >= 15 is 0 Å². The van der Waals surface area contributed by atoms with E-state index in [0.29, 0.717) is 36.7 Å². The first-order chi connectivity index (χ1) is 17.5. The van der Waals surface area contributed by atoms with Gasteiger partial charge in [0.2, 0.25) is 0 Å². The molecule has 0 saturated heterocycles. The van der Waals surface area contributed by atoms with Crippen LogP contribution in [0.25, 0.3) is 0 Å². The van der Waals surface area contributed by atoms with Gasteiger partial charge in [-0.25, -0.2) is 4.39 Å². The summed E-state index contributed by atoms with van der Waals surface area (Å²) in [6, 6.07) is 30.0. The van der Waals surface area contributed by atoms with Gasteiger partial charge in [0.15, 0.2) is 11.6 Å². The van der Waals surface area contributed by atoms with Crippen molar-refractivity contribution in [2.24, 2.45) is 0 Å². The molecular formula is C31H29FO4.